The number of nitrogens with one attached hydrogen (secondary N) is 1. The minimum atomic E-state index is -0.201. The molecule has 5 nitrogen and oxygen atoms in total. The molecule has 1 aromatic heterocycles. The van der Waals surface area contributed by atoms with Gasteiger partial charge in [-0.05, 0) is 6.07 Å². The van der Waals surface area contributed by atoms with E-state index < -0.39 is 0 Å². The van der Waals surface area contributed by atoms with Crippen molar-refractivity contribution in [2.75, 3.05) is 6.54 Å². The van der Waals surface area contributed by atoms with Crippen LogP contribution in [0.5, 0.6) is 0 Å². The molecular weight excluding hydrogens is 212 g/mol. The average molecular weight is 224 g/mol. The summed E-state index contributed by atoms with van der Waals surface area (Å²) in [7, 11) is 0. The van der Waals surface area contributed by atoms with Crippen LogP contribution in [0, 0.1) is 5.92 Å². The molecule has 0 saturated carbocycles. The Hall–Kier alpha value is -1.56. The van der Waals surface area contributed by atoms with Gasteiger partial charge in [-0.25, -0.2) is 0 Å². The van der Waals surface area contributed by atoms with E-state index in [-0.39, 0.29) is 11.8 Å². The van der Waals surface area contributed by atoms with Gasteiger partial charge < -0.3 is 11.1 Å². The summed E-state index contributed by atoms with van der Waals surface area (Å²) in [5, 5.41) is 9.89. The van der Waals surface area contributed by atoms with Crippen molar-refractivity contribution in [2.45, 2.75) is 6.92 Å². The van der Waals surface area contributed by atoms with E-state index in [1.54, 1.807) is 6.07 Å². The largest absolute Gasteiger partial charge is 0.393 e. The lowest BCUT2D eigenvalue weighted by atomic mass is 10.2. The van der Waals surface area contributed by atoms with Gasteiger partial charge in [0.1, 0.15) is 0 Å². The minimum absolute atomic E-state index is 0.0150. The van der Waals surface area contributed by atoms with E-state index >= 15 is 0 Å². The van der Waals surface area contributed by atoms with Gasteiger partial charge in [0.2, 0.25) is 0 Å². The first kappa shape index (κ1) is 11.5. The first-order valence-corrected chi connectivity index (χ1v) is 4.86. The first-order valence-electron chi connectivity index (χ1n) is 4.45. The van der Waals surface area contributed by atoms with Crippen LogP contribution in [0.3, 0.4) is 0 Å². The van der Waals surface area contributed by atoms with E-state index in [2.05, 4.69) is 15.5 Å². The molecule has 3 N–H and O–H groups in total. The van der Waals surface area contributed by atoms with Crippen molar-refractivity contribution >= 4 is 23.1 Å². The van der Waals surface area contributed by atoms with Crippen molar-refractivity contribution in [3.05, 3.63) is 24.0 Å². The Morgan fingerprint density at radius 3 is 2.93 bits per heavy atom. The Bertz CT molecular complexity index is 354. The van der Waals surface area contributed by atoms with Crippen molar-refractivity contribution in [1.29, 1.82) is 0 Å². The molecule has 15 heavy (non-hydrogen) atoms. The van der Waals surface area contributed by atoms with E-state index in [1.165, 1.54) is 12.4 Å². The molecule has 1 heterocycles. The molecule has 0 aromatic carbocycles. The summed E-state index contributed by atoms with van der Waals surface area (Å²) >= 11 is 4.79. The van der Waals surface area contributed by atoms with Gasteiger partial charge in [-0.3, -0.25) is 4.79 Å². The molecule has 80 valence electrons. The molecule has 0 aliphatic rings. The molecule has 0 spiro atoms. The van der Waals surface area contributed by atoms with Crippen molar-refractivity contribution < 1.29 is 4.79 Å². The number of carbonyl (C=O) groups is 1. The molecule has 1 atom stereocenters. The number of hydrogen-bond acceptors (Lipinski definition) is 4. The molecule has 6 heteroatoms. The lowest BCUT2D eigenvalue weighted by Gasteiger charge is -2.10. The molecule has 1 unspecified atom stereocenters. The number of nitrogens with two attached hydrogens (primary N) is 1. The Morgan fingerprint density at radius 2 is 2.40 bits per heavy atom. The lowest BCUT2D eigenvalue weighted by Crippen LogP contribution is -2.33. The van der Waals surface area contributed by atoms with Crippen LogP contribution in [0.1, 0.15) is 17.3 Å². The molecule has 0 bridgehead atoms. The highest BCUT2D eigenvalue weighted by atomic mass is 32.1. The summed E-state index contributed by atoms with van der Waals surface area (Å²) < 4.78 is 0. The third kappa shape index (κ3) is 3.59. The van der Waals surface area contributed by atoms with Crippen molar-refractivity contribution in [1.82, 2.24) is 15.5 Å². The Labute approximate surface area is 93.1 Å². The third-order valence-corrected chi connectivity index (χ3v) is 2.30. The number of thiocarbonyl (C=S) groups is 1. The van der Waals surface area contributed by atoms with E-state index in [9.17, 15) is 4.79 Å². The number of nitrogens with zero attached hydrogens (tertiary/aromatic N) is 2. The van der Waals surface area contributed by atoms with Crippen LogP contribution in [-0.4, -0.2) is 27.6 Å². The summed E-state index contributed by atoms with van der Waals surface area (Å²) in [5.74, 6) is -0.216. The Morgan fingerprint density at radius 1 is 1.67 bits per heavy atom. The number of hydrogen-bond donors (Lipinski definition) is 2. The van der Waals surface area contributed by atoms with Crippen LogP contribution in [0.4, 0.5) is 0 Å². The maximum absolute atomic E-state index is 11.5. The van der Waals surface area contributed by atoms with Crippen molar-refractivity contribution in [2.24, 2.45) is 11.7 Å². The highest BCUT2D eigenvalue weighted by Gasteiger charge is 2.09. The maximum Gasteiger partial charge on any atom is 0.252 e. The highest BCUT2D eigenvalue weighted by molar-refractivity contribution is 7.80. The molecular formula is C9H12N4OS. The highest BCUT2D eigenvalue weighted by Crippen LogP contribution is 1.96. The molecule has 1 amide bonds. The second-order valence-corrected chi connectivity index (χ2v) is 3.62. The molecule has 0 aliphatic heterocycles. The number of aromatic nitrogens is 2. The smallest absolute Gasteiger partial charge is 0.252 e. The monoisotopic (exact) mass is 224 g/mol. The molecule has 1 rings (SSSR count). The second kappa shape index (κ2) is 5.35. The van der Waals surface area contributed by atoms with Crippen molar-refractivity contribution in [3.63, 3.8) is 0 Å². The standard InChI is InChI=1S/C9H12N4OS/c1-6(8(10)15)4-11-9(14)7-2-3-12-13-5-7/h2-3,5-6H,4H2,1H3,(H2,10,15)(H,11,14). The van der Waals surface area contributed by atoms with Gasteiger partial charge in [0.15, 0.2) is 0 Å². The number of carbonyl (C=O) groups excluding carboxylic acids is 1. The summed E-state index contributed by atoms with van der Waals surface area (Å²) in [5.41, 5.74) is 5.89. The normalized spacial score (nSPS) is 11.8. The maximum atomic E-state index is 11.5. The van der Waals surface area contributed by atoms with Gasteiger partial charge >= 0.3 is 0 Å². The van der Waals surface area contributed by atoms with E-state index in [0.717, 1.165) is 0 Å². The zero-order valence-electron chi connectivity index (χ0n) is 8.30. The molecule has 0 aliphatic carbocycles. The predicted octanol–water partition coefficient (Wildman–Crippen LogP) is 0.129. The lowest BCUT2D eigenvalue weighted by molar-refractivity contribution is 0.0951. The van der Waals surface area contributed by atoms with Crippen molar-refractivity contribution in [3.8, 4) is 0 Å². The molecule has 1 aromatic rings. The topological polar surface area (TPSA) is 80.9 Å². The summed E-state index contributed by atoms with van der Waals surface area (Å²) in [6.45, 7) is 2.28. The Kier molecular flexibility index (Phi) is 4.11. The summed E-state index contributed by atoms with van der Waals surface area (Å²) in [4.78, 5) is 11.9. The SMILES string of the molecule is CC(CNC(=O)c1ccnnc1)C(N)=S. The van der Waals surface area contributed by atoms with E-state index in [4.69, 9.17) is 18.0 Å². The zero-order valence-corrected chi connectivity index (χ0v) is 9.12. The zero-order chi connectivity index (χ0) is 11.3. The van der Waals surface area contributed by atoms with Crippen LogP contribution < -0.4 is 11.1 Å². The van der Waals surface area contributed by atoms with Crippen LogP contribution in [-0.2, 0) is 0 Å². The molecule has 0 saturated heterocycles. The predicted molar refractivity (Wildman–Crippen MR) is 60.3 cm³/mol. The molecule has 0 fully saturated rings. The van der Waals surface area contributed by atoms with Gasteiger partial charge in [0.25, 0.3) is 5.91 Å². The first-order chi connectivity index (χ1) is 7.11. The fourth-order valence-electron chi connectivity index (χ4n) is 0.873. The Balaban J connectivity index is 2.47. The van der Waals surface area contributed by atoms with Crippen LogP contribution in [0.15, 0.2) is 18.5 Å². The fourth-order valence-corrected chi connectivity index (χ4v) is 0.957. The number of rotatable bonds is 4. The van der Waals surface area contributed by atoms with Crippen LogP contribution in [0.25, 0.3) is 0 Å². The van der Waals surface area contributed by atoms with Gasteiger partial charge in [-0.1, -0.05) is 19.1 Å². The average Bonchev–Trinajstić information content (AvgIpc) is 2.26. The van der Waals surface area contributed by atoms with Crippen LogP contribution >= 0.6 is 12.2 Å². The van der Waals surface area contributed by atoms with E-state index in [1.807, 2.05) is 6.92 Å². The quantitative estimate of drug-likeness (QED) is 0.710. The van der Waals surface area contributed by atoms with Crippen LogP contribution in [0.2, 0.25) is 0 Å². The van der Waals surface area contributed by atoms with Gasteiger partial charge in [0, 0.05) is 12.5 Å². The van der Waals surface area contributed by atoms with Gasteiger partial charge in [-0.15, -0.1) is 0 Å². The second-order valence-electron chi connectivity index (χ2n) is 3.14. The molecule has 0 radical (unpaired) electrons. The van der Waals surface area contributed by atoms with Gasteiger partial charge in [-0.2, -0.15) is 10.2 Å². The minimum Gasteiger partial charge on any atom is -0.393 e. The third-order valence-electron chi connectivity index (χ3n) is 1.90. The fraction of sp³-hybridized carbons (Fsp3) is 0.333. The van der Waals surface area contributed by atoms with E-state index in [0.29, 0.717) is 17.1 Å². The summed E-state index contributed by atoms with van der Waals surface area (Å²) in [6.07, 6.45) is 2.87. The van der Waals surface area contributed by atoms with Gasteiger partial charge in [0.05, 0.1) is 22.9 Å². The summed E-state index contributed by atoms with van der Waals surface area (Å²) in [6, 6.07) is 1.59. The number of amides is 1.